The van der Waals surface area contributed by atoms with E-state index in [4.69, 9.17) is 27.9 Å². The molecule has 0 aliphatic rings. The highest BCUT2D eigenvalue weighted by atomic mass is 35.5. The first-order chi connectivity index (χ1) is 12.2. The lowest BCUT2D eigenvalue weighted by atomic mass is 10.1. The third-order valence-corrected chi connectivity index (χ3v) is 4.02. The maximum atomic E-state index is 13.3. The summed E-state index contributed by atoms with van der Waals surface area (Å²) >= 11 is 11.9. The van der Waals surface area contributed by atoms with E-state index < -0.39 is 23.2 Å². The summed E-state index contributed by atoms with van der Waals surface area (Å²) in [4.78, 5) is 17.7. The summed E-state index contributed by atoms with van der Waals surface area (Å²) in [5, 5.41) is 0.746. The molecule has 1 amide bonds. The smallest absolute Gasteiger partial charge is 0.417 e. The number of halogens is 5. The number of amides is 1. The van der Waals surface area contributed by atoms with Crippen LogP contribution in [0.4, 0.5) is 13.2 Å². The van der Waals surface area contributed by atoms with Crippen molar-refractivity contribution in [2.24, 2.45) is 0 Å². The van der Waals surface area contributed by atoms with Crippen LogP contribution >= 0.6 is 23.2 Å². The third kappa shape index (κ3) is 4.80. The molecule has 0 saturated carbocycles. The Morgan fingerprint density at radius 1 is 1.19 bits per heavy atom. The van der Waals surface area contributed by atoms with Crippen molar-refractivity contribution in [1.82, 2.24) is 9.88 Å². The van der Waals surface area contributed by atoms with E-state index in [9.17, 15) is 18.0 Å². The molecule has 0 atom stereocenters. The second-order valence-electron chi connectivity index (χ2n) is 5.37. The molecule has 0 unspecified atom stereocenters. The molecule has 1 aromatic heterocycles. The van der Waals surface area contributed by atoms with Crippen molar-refractivity contribution in [3.8, 4) is 5.88 Å². The highest BCUT2D eigenvalue weighted by Crippen LogP contribution is 2.34. The largest absolute Gasteiger partial charge is 0.481 e. The van der Waals surface area contributed by atoms with Crippen LogP contribution in [-0.4, -0.2) is 29.4 Å². The summed E-state index contributed by atoms with van der Waals surface area (Å²) in [6, 6.07) is 5.43. The van der Waals surface area contributed by atoms with Crippen molar-refractivity contribution in [2.45, 2.75) is 19.6 Å². The van der Waals surface area contributed by atoms with Crippen molar-refractivity contribution in [3.63, 3.8) is 0 Å². The molecular weight excluding hydrogens is 392 g/mol. The molecular formula is C17H15Cl2F3N2O2. The number of hydrogen-bond donors (Lipinski definition) is 0. The van der Waals surface area contributed by atoms with Crippen LogP contribution in [-0.2, 0) is 12.7 Å². The molecule has 0 bridgehead atoms. The Hall–Kier alpha value is -1.99. The molecule has 0 N–H and O–H groups in total. The first-order valence-electron chi connectivity index (χ1n) is 7.51. The van der Waals surface area contributed by atoms with Gasteiger partial charge in [0.25, 0.3) is 5.91 Å². The fraction of sp³-hybridized carbons (Fsp3) is 0.294. The van der Waals surface area contributed by atoms with Crippen LogP contribution < -0.4 is 4.74 Å². The summed E-state index contributed by atoms with van der Waals surface area (Å²) in [7, 11) is 1.20. The van der Waals surface area contributed by atoms with E-state index in [1.54, 1.807) is 19.1 Å². The lowest BCUT2D eigenvalue weighted by molar-refractivity contribution is -0.138. The minimum absolute atomic E-state index is 0.0545. The standard InChI is InChI=1S/C17H15Cl2F3N2O2/c1-3-24(9-10-4-11(18)6-12(19)5-10)16(25)13-8-23-15(26-2)7-14(13)17(20,21)22/h4-8H,3,9H2,1-2H3. The highest BCUT2D eigenvalue weighted by molar-refractivity contribution is 6.34. The van der Waals surface area contributed by atoms with Crippen LogP contribution in [0.1, 0.15) is 28.4 Å². The van der Waals surface area contributed by atoms with Gasteiger partial charge < -0.3 is 9.64 Å². The van der Waals surface area contributed by atoms with Crippen molar-refractivity contribution in [3.05, 3.63) is 57.2 Å². The Bertz CT molecular complexity index is 793. The summed E-state index contributed by atoms with van der Waals surface area (Å²) in [6.45, 7) is 1.90. The number of benzene rings is 1. The average molecular weight is 407 g/mol. The van der Waals surface area contributed by atoms with E-state index in [0.717, 1.165) is 6.20 Å². The third-order valence-electron chi connectivity index (χ3n) is 3.59. The van der Waals surface area contributed by atoms with E-state index in [2.05, 4.69) is 4.98 Å². The van der Waals surface area contributed by atoms with Gasteiger partial charge in [0.05, 0.1) is 18.2 Å². The minimum Gasteiger partial charge on any atom is -0.481 e. The van der Waals surface area contributed by atoms with Crippen LogP contribution in [0.3, 0.4) is 0 Å². The zero-order chi connectivity index (χ0) is 19.5. The minimum atomic E-state index is -4.72. The molecule has 0 fully saturated rings. The maximum Gasteiger partial charge on any atom is 0.417 e. The first-order valence-corrected chi connectivity index (χ1v) is 8.26. The molecule has 0 aliphatic heterocycles. The molecule has 0 saturated heterocycles. The van der Waals surface area contributed by atoms with Crippen LogP contribution in [0.25, 0.3) is 0 Å². The van der Waals surface area contributed by atoms with Crippen molar-refractivity contribution >= 4 is 29.1 Å². The predicted octanol–water partition coefficient (Wildman–Crippen LogP) is 5.08. The van der Waals surface area contributed by atoms with E-state index in [1.165, 1.54) is 18.1 Å². The van der Waals surface area contributed by atoms with Gasteiger partial charge in [0, 0.05) is 35.4 Å². The van der Waals surface area contributed by atoms with Crippen molar-refractivity contribution in [1.29, 1.82) is 0 Å². The lowest BCUT2D eigenvalue weighted by Gasteiger charge is -2.23. The summed E-state index contributed by atoms with van der Waals surface area (Å²) in [6.07, 6.45) is -3.85. The monoisotopic (exact) mass is 406 g/mol. The maximum absolute atomic E-state index is 13.3. The number of aromatic nitrogens is 1. The fourth-order valence-electron chi connectivity index (χ4n) is 2.37. The second kappa shape index (κ2) is 8.14. The Morgan fingerprint density at radius 3 is 2.31 bits per heavy atom. The number of alkyl halides is 3. The molecule has 2 aromatic rings. The number of carbonyl (C=O) groups excluding carboxylic acids is 1. The van der Waals surface area contributed by atoms with Gasteiger partial charge in [0.2, 0.25) is 5.88 Å². The Balaban J connectivity index is 2.39. The van der Waals surface area contributed by atoms with E-state index in [0.29, 0.717) is 21.7 Å². The highest BCUT2D eigenvalue weighted by Gasteiger charge is 2.37. The molecule has 9 heteroatoms. The van der Waals surface area contributed by atoms with Gasteiger partial charge in [-0.2, -0.15) is 13.2 Å². The molecule has 0 aliphatic carbocycles. The molecule has 0 radical (unpaired) electrons. The number of methoxy groups -OCH3 is 1. The van der Waals surface area contributed by atoms with E-state index in [-0.39, 0.29) is 19.0 Å². The average Bonchev–Trinajstić information content (AvgIpc) is 2.57. The predicted molar refractivity (Wildman–Crippen MR) is 92.7 cm³/mol. The summed E-state index contributed by atoms with van der Waals surface area (Å²) < 4.78 is 44.7. The fourth-order valence-corrected chi connectivity index (χ4v) is 2.94. The van der Waals surface area contributed by atoms with Gasteiger partial charge in [-0.25, -0.2) is 4.98 Å². The zero-order valence-corrected chi connectivity index (χ0v) is 15.4. The van der Waals surface area contributed by atoms with Crippen molar-refractivity contribution < 1.29 is 22.7 Å². The Morgan fingerprint density at radius 2 is 1.81 bits per heavy atom. The van der Waals surface area contributed by atoms with Crippen LogP contribution in [0.15, 0.2) is 30.5 Å². The van der Waals surface area contributed by atoms with Gasteiger partial charge in [-0.3, -0.25) is 4.79 Å². The van der Waals surface area contributed by atoms with Crippen molar-refractivity contribution in [2.75, 3.05) is 13.7 Å². The Labute approximate surface area is 158 Å². The van der Waals surface area contributed by atoms with E-state index >= 15 is 0 Å². The van der Waals surface area contributed by atoms with E-state index in [1.807, 2.05) is 0 Å². The summed E-state index contributed by atoms with van der Waals surface area (Å²) in [5.41, 5.74) is -1.04. The normalized spacial score (nSPS) is 11.3. The topological polar surface area (TPSA) is 42.4 Å². The number of pyridine rings is 1. The number of ether oxygens (including phenoxy) is 1. The number of nitrogens with zero attached hydrogens (tertiary/aromatic N) is 2. The molecule has 2 rings (SSSR count). The van der Waals surface area contributed by atoms with Gasteiger partial charge in [0.15, 0.2) is 0 Å². The van der Waals surface area contributed by atoms with Crippen LogP contribution in [0.2, 0.25) is 10.0 Å². The molecule has 1 aromatic carbocycles. The lowest BCUT2D eigenvalue weighted by Crippen LogP contribution is -2.32. The molecule has 26 heavy (non-hydrogen) atoms. The van der Waals surface area contributed by atoms with Gasteiger partial charge >= 0.3 is 6.18 Å². The zero-order valence-electron chi connectivity index (χ0n) is 13.9. The molecule has 0 spiro atoms. The number of hydrogen-bond acceptors (Lipinski definition) is 3. The Kier molecular flexibility index (Phi) is 6.36. The molecule has 4 nitrogen and oxygen atoms in total. The van der Waals surface area contributed by atoms with Gasteiger partial charge in [-0.05, 0) is 30.7 Å². The SMILES string of the molecule is CCN(Cc1cc(Cl)cc(Cl)c1)C(=O)c1cnc(OC)cc1C(F)(F)F. The van der Waals surface area contributed by atoms with Gasteiger partial charge in [0.1, 0.15) is 0 Å². The molecule has 140 valence electrons. The molecule has 1 heterocycles. The number of rotatable bonds is 5. The second-order valence-corrected chi connectivity index (χ2v) is 6.24. The number of carbonyl (C=O) groups is 1. The first kappa shape index (κ1) is 20.3. The van der Waals surface area contributed by atoms with Crippen LogP contribution in [0.5, 0.6) is 5.88 Å². The quantitative estimate of drug-likeness (QED) is 0.695. The van der Waals surface area contributed by atoms with Crippen LogP contribution in [0, 0.1) is 0 Å². The summed E-state index contributed by atoms with van der Waals surface area (Å²) in [5.74, 6) is -1.02. The van der Waals surface area contributed by atoms with Gasteiger partial charge in [-0.15, -0.1) is 0 Å². The van der Waals surface area contributed by atoms with Gasteiger partial charge in [-0.1, -0.05) is 23.2 Å².